The Morgan fingerprint density at radius 2 is 1.71 bits per heavy atom. The summed E-state index contributed by atoms with van der Waals surface area (Å²) in [4.78, 5) is 27.9. The minimum absolute atomic E-state index is 0.136. The highest BCUT2D eigenvalue weighted by Gasteiger charge is 2.31. The number of nitrogens with one attached hydrogen (secondary N) is 1. The second-order valence-corrected chi connectivity index (χ2v) is 12.5. The van der Waals surface area contributed by atoms with Crippen molar-refractivity contribution in [2.24, 2.45) is 0 Å². The summed E-state index contributed by atoms with van der Waals surface area (Å²) >= 11 is 9.50. The van der Waals surface area contributed by atoms with Crippen molar-refractivity contribution in [2.45, 2.75) is 52.7 Å². The fraction of sp³-hybridized carbons (Fsp3) is 0.417. The lowest BCUT2D eigenvalue weighted by atomic mass is 10.1. The number of nitrogens with zero attached hydrogens (tertiary/aromatic N) is 2. The van der Waals surface area contributed by atoms with Crippen LogP contribution in [0, 0.1) is 6.92 Å². The molecule has 2 amide bonds. The summed E-state index contributed by atoms with van der Waals surface area (Å²) in [6.45, 7) is 8.60. The number of benzene rings is 2. The van der Waals surface area contributed by atoms with E-state index in [1.54, 1.807) is 26.0 Å². The Morgan fingerprint density at radius 1 is 1.12 bits per heavy atom. The number of hydrogen-bond acceptors (Lipinski definition) is 4. The van der Waals surface area contributed by atoms with Gasteiger partial charge in [-0.15, -0.1) is 0 Å². The van der Waals surface area contributed by atoms with Gasteiger partial charge >= 0.3 is 0 Å². The maximum Gasteiger partial charge on any atom is 0.244 e. The van der Waals surface area contributed by atoms with Crippen molar-refractivity contribution >= 4 is 55.1 Å². The molecule has 0 fully saturated rings. The molecule has 0 aromatic heterocycles. The molecule has 0 saturated carbocycles. The van der Waals surface area contributed by atoms with Gasteiger partial charge in [0.2, 0.25) is 21.8 Å². The minimum atomic E-state index is -3.82. The summed E-state index contributed by atoms with van der Waals surface area (Å²) < 4.78 is 27.2. The monoisotopic (exact) mass is 571 g/mol. The Labute approximate surface area is 215 Å². The molecule has 0 spiro atoms. The summed E-state index contributed by atoms with van der Waals surface area (Å²) in [5, 5.41) is 3.24. The standard InChI is InChI=1S/C24H31BrClN3O4S/c1-16-7-12-20(26)13-21(16)29(34(6,32)33)15-22(30)28(14-18-8-10-19(25)11-9-18)17(2)23(31)27-24(3,4)5/h7-13,17H,14-15H2,1-6H3,(H,27,31). The van der Waals surface area contributed by atoms with Crippen molar-refractivity contribution in [2.75, 3.05) is 17.1 Å². The van der Waals surface area contributed by atoms with Crippen LogP contribution in [0.15, 0.2) is 46.9 Å². The Kier molecular flexibility index (Phi) is 9.18. The zero-order chi connectivity index (χ0) is 25.8. The van der Waals surface area contributed by atoms with Crippen LogP contribution in [-0.4, -0.2) is 49.5 Å². The number of carbonyl (C=O) groups is 2. The third-order valence-corrected chi connectivity index (χ3v) is 6.94. The molecule has 0 bridgehead atoms. The predicted molar refractivity (Wildman–Crippen MR) is 140 cm³/mol. The number of carbonyl (C=O) groups excluding carboxylic acids is 2. The van der Waals surface area contributed by atoms with Gasteiger partial charge in [-0.1, -0.05) is 45.7 Å². The Balaban J connectivity index is 2.44. The van der Waals surface area contributed by atoms with Crippen LogP contribution in [0.25, 0.3) is 0 Å². The van der Waals surface area contributed by atoms with Crippen LogP contribution >= 0.6 is 27.5 Å². The van der Waals surface area contributed by atoms with E-state index in [9.17, 15) is 18.0 Å². The second kappa shape index (κ2) is 11.1. The maximum absolute atomic E-state index is 13.6. The van der Waals surface area contributed by atoms with Gasteiger partial charge in [0, 0.05) is 21.6 Å². The average Bonchev–Trinajstić information content (AvgIpc) is 2.70. The van der Waals surface area contributed by atoms with E-state index in [0.29, 0.717) is 16.3 Å². The van der Waals surface area contributed by atoms with Crippen molar-refractivity contribution in [3.8, 4) is 0 Å². The van der Waals surface area contributed by atoms with Gasteiger partial charge in [0.25, 0.3) is 0 Å². The van der Waals surface area contributed by atoms with E-state index in [-0.39, 0.29) is 12.5 Å². The topological polar surface area (TPSA) is 86.8 Å². The SMILES string of the molecule is Cc1ccc(Cl)cc1N(CC(=O)N(Cc1ccc(Br)cc1)C(C)C(=O)NC(C)(C)C)S(C)(=O)=O. The van der Waals surface area contributed by atoms with Crippen LogP contribution in [0.3, 0.4) is 0 Å². The molecule has 186 valence electrons. The first kappa shape index (κ1) is 28.1. The van der Waals surface area contributed by atoms with Crippen molar-refractivity contribution in [1.82, 2.24) is 10.2 Å². The zero-order valence-electron chi connectivity index (χ0n) is 20.2. The van der Waals surface area contributed by atoms with Crippen molar-refractivity contribution in [1.29, 1.82) is 0 Å². The number of aryl methyl sites for hydroxylation is 1. The highest BCUT2D eigenvalue weighted by molar-refractivity contribution is 9.10. The summed E-state index contributed by atoms with van der Waals surface area (Å²) in [6.07, 6.45) is 1.04. The van der Waals surface area contributed by atoms with E-state index in [4.69, 9.17) is 11.6 Å². The quantitative estimate of drug-likeness (QED) is 0.504. The largest absolute Gasteiger partial charge is 0.350 e. The van der Waals surface area contributed by atoms with Crippen LogP contribution in [0.5, 0.6) is 0 Å². The van der Waals surface area contributed by atoms with Crippen molar-refractivity contribution < 1.29 is 18.0 Å². The molecule has 0 heterocycles. The molecule has 7 nitrogen and oxygen atoms in total. The predicted octanol–water partition coefficient (Wildman–Crippen LogP) is 4.51. The molecule has 2 aromatic rings. The lowest BCUT2D eigenvalue weighted by molar-refractivity contribution is -0.140. The molecular weight excluding hydrogens is 542 g/mol. The summed E-state index contributed by atoms with van der Waals surface area (Å²) in [5.41, 5.74) is 1.28. The molecule has 10 heteroatoms. The molecule has 0 aliphatic rings. The highest BCUT2D eigenvalue weighted by Crippen LogP contribution is 2.27. The van der Waals surface area contributed by atoms with E-state index in [1.807, 2.05) is 45.0 Å². The normalized spacial score (nSPS) is 12.7. The lowest BCUT2D eigenvalue weighted by Gasteiger charge is -2.33. The van der Waals surface area contributed by atoms with Crippen LogP contribution in [0.2, 0.25) is 5.02 Å². The van der Waals surface area contributed by atoms with E-state index in [1.165, 1.54) is 11.0 Å². The number of sulfonamides is 1. The maximum atomic E-state index is 13.6. The Hall–Kier alpha value is -2.10. The van der Waals surface area contributed by atoms with Crippen LogP contribution in [0.1, 0.15) is 38.8 Å². The molecule has 1 unspecified atom stereocenters. The highest BCUT2D eigenvalue weighted by atomic mass is 79.9. The summed E-state index contributed by atoms with van der Waals surface area (Å²) in [7, 11) is -3.82. The van der Waals surface area contributed by atoms with Gasteiger partial charge in [0.1, 0.15) is 12.6 Å². The van der Waals surface area contributed by atoms with Gasteiger partial charge in [-0.3, -0.25) is 13.9 Å². The first-order valence-electron chi connectivity index (χ1n) is 10.7. The average molecular weight is 573 g/mol. The summed E-state index contributed by atoms with van der Waals surface area (Å²) in [5.74, 6) is -0.841. The molecule has 1 atom stereocenters. The van der Waals surface area contributed by atoms with Crippen molar-refractivity contribution in [3.05, 3.63) is 63.1 Å². The first-order chi connectivity index (χ1) is 15.6. The van der Waals surface area contributed by atoms with Gasteiger partial charge in [0.05, 0.1) is 11.9 Å². The van der Waals surface area contributed by atoms with E-state index >= 15 is 0 Å². The molecule has 34 heavy (non-hydrogen) atoms. The van der Waals surface area contributed by atoms with Gasteiger partial charge in [-0.25, -0.2) is 8.42 Å². The van der Waals surface area contributed by atoms with Crippen LogP contribution in [-0.2, 0) is 26.2 Å². The second-order valence-electron chi connectivity index (χ2n) is 9.26. The third-order valence-electron chi connectivity index (χ3n) is 5.05. The fourth-order valence-electron chi connectivity index (χ4n) is 3.29. The number of hydrogen-bond donors (Lipinski definition) is 1. The molecular formula is C24H31BrClN3O4S. The van der Waals surface area contributed by atoms with E-state index < -0.39 is 34.1 Å². The van der Waals surface area contributed by atoms with Crippen LogP contribution < -0.4 is 9.62 Å². The third kappa shape index (κ3) is 7.99. The van der Waals surface area contributed by atoms with Gasteiger partial charge in [-0.2, -0.15) is 0 Å². The van der Waals surface area contributed by atoms with Gasteiger partial charge in [0.15, 0.2) is 0 Å². The molecule has 0 aliphatic heterocycles. The smallest absolute Gasteiger partial charge is 0.244 e. The minimum Gasteiger partial charge on any atom is -0.350 e. The summed E-state index contributed by atoms with van der Waals surface area (Å²) in [6, 6.07) is 11.4. The number of halogens is 2. The molecule has 0 aliphatic carbocycles. The number of anilines is 1. The van der Waals surface area contributed by atoms with Crippen LogP contribution in [0.4, 0.5) is 5.69 Å². The molecule has 2 rings (SSSR count). The van der Waals surface area contributed by atoms with Gasteiger partial charge < -0.3 is 10.2 Å². The number of amides is 2. The fourth-order valence-corrected chi connectivity index (χ4v) is 4.62. The zero-order valence-corrected chi connectivity index (χ0v) is 23.4. The van der Waals surface area contributed by atoms with Gasteiger partial charge in [-0.05, 0) is 70.0 Å². The van der Waals surface area contributed by atoms with Crippen molar-refractivity contribution in [3.63, 3.8) is 0 Å². The first-order valence-corrected chi connectivity index (χ1v) is 13.7. The lowest BCUT2D eigenvalue weighted by Crippen LogP contribution is -2.54. The molecule has 0 saturated heterocycles. The van der Waals surface area contributed by atoms with E-state index in [2.05, 4.69) is 21.2 Å². The number of rotatable bonds is 8. The Bertz CT molecular complexity index is 1150. The molecule has 0 radical (unpaired) electrons. The van der Waals surface area contributed by atoms with E-state index in [0.717, 1.165) is 20.6 Å². The molecule has 1 N–H and O–H groups in total. The molecule has 2 aromatic carbocycles. The Morgan fingerprint density at radius 3 is 2.24 bits per heavy atom.